The minimum atomic E-state index is -4.46. The summed E-state index contributed by atoms with van der Waals surface area (Å²) in [5.74, 6) is -0.826. The van der Waals surface area contributed by atoms with E-state index < -0.39 is 24.7 Å². The number of hydrogen-bond acceptors (Lipinski definition) is 5. The van der Waals surface area contributed by atoms with Gasteiger partial charge in [0.1, 0.15) is 6.04 Å². The minimum Gasteiger partial charge on any atom is -0.468 e. The van der Waals surface area contributed by atoms with Gasteiger partial charge in [-0.05, 0) is 31.0 Å². The maximum Gasteiger partial charge on any atom is 0.422 e. The number of alkyl halides is 3. The average molecular weight is 383 g/mol. The second kappa shape index (κ2) is 7.68. The molecule has 3 heterocycles. The topological polar surface area (TPSA) is 84.7 Å². The Balaban J connectivity index is 1.60. The Morgan fingerprint density at radius 3 is 2.78 bits per heavy atom. The van der Waals surface area contributed by atoms with E-state index in [2.05, 4.69) is 15.0 Å². The van der Waals surface area contributed by atoms with Gasteiger partial charge in [0.05, 0.1) is 18.1 Å². The third kappa shape index (κ3) is 4.78. The van der Waals surface area contributed by atoms with Crippen LogP contribution in [0.5, 0.6) is 5.88 Å². The van der Waals surface area contributed by atoms with Crippen LogP contribution in [0, 0.1) is 0 Å². The second-order valence-electron chi connectivity index (χ2n) is 5.91. The first-order valence-electron chi connectivity index (χ1n) is 8.14. The number of amides is 2. The SMILES string of the molecule is O=C(Nc1ccc(OCC(F)(F)F)nc1)[C@@H]1CCCN1C(=O)c1ccco1. The maximum absolute atomic E-state index is 12.5. The van der Waals surface area contributed by atoms with Gasteiger partial charge in [-0.25, -0.2) is 4.98 Å². The average Bonchev–Trinajstić information content (AvgIpc) is 3.31. The van der Waals surface area contributed by atoms with Crippen molar-refractivity contribution in [3.8, 4) is 5.88 Å². The highest BCUT2D eigenvalue weighted by Gasteiger charge is 2.35. The molecule has 10 heteroatoms. The molecule has 1 aliphatic rings. The summed E-state index contributed by atoms with van der Waals surface area (Å²) in [6, 6.07) is 5.06. The number of anilines is 1. The summed E-state index contributed by atoms with van der Waals surface area (Å²) in [4.78, 5) is 30.1. The molecule has 1 fully saturated rings. The van der Waals surface area contributed by atoms with Crippen molar-refractivity contribution in [1.29, 1.82) is 0 Å². The quantitative estimate of drug-likeness (QED) is 0.858. The molecule has 0 aromatic carbocycles. The van der Waals surface area contributed by atoms with Crippen molar-refractivity contribution in [2.75, 3.05) is 18.5 Å². The van der Waals surface area contributed by atoms with Crippen LogP contribution in [0.15, 0.2) is 41.1 Å². The van der Waals surface area contributed by atoms with Gasteiger partial charge in [-0.2, -0.15) is 13.2 Å². The van der Waals surface area contributed by atoms with Gasteiger partial charge in [0, 0.05) is 12.6 Å². The maximum atomic E-state index is 12.5. The van der Waals surface area contributed by atoms with Gasteiger partial charge in [-0.15, -0.1) is 0 Å². The highest BCUT2D eigenvalue weighted by molar-refractivity contribution is 6.00. The van der Waals surface area contributed by atoms with Crippen molar-refractivity contribution in [1.82, 2.24) is 9.88 Å². The molecule has 27 heavy (non-hydrogen) atoms. The summed E-state index contributed by atoms with van der Waals surface area (Å²) in [6.45, 7) is -1.02. The fourth-order valence-electron chi connectivity index (χ4n) is 2.75. The van der Waals surface area contributed by atoms with E-state index in [1.807, 2.05) is 0 Å². The normalized spacial score (nSPS) is 17.0. The van der Waals surface area contributed by atoms with Crippen molar-refractivity contribution in [2.45, 2.75) is 25.1 Å². The Bertz CT molecular complexity index is 791. The number of nitrogens with zero attached hydrogens (tertiary/aromatic N) is 2. The van der Waals surface area contributed by atoms with Crippen LogP contribution < -0.4 is 10.1 Å². The van der Waals surface area contributed by atoms with Gasteiger partial charge in [0.25, 0.3) is 5.91 Å². The van der Waals surface area contributed by atoms with Gasteiger partial charge in [-0.3, -0.25) is 9.59 Å². The van der Waals surface area contributed by atoms with Crippen LogP contribution >= 0.6 is 0 Å². The fourth-order valence-corrected chi connectivity index (χ4v) is 2.75. The number of pyridine rings is 1. The lowest BCUT2D eigenvalue weighted by atomic mass is 10.2. The lowest BCUT2D eigenvalue weighted by Gasteiger charge is -2.23. The molecule has 2 aromatic heterocycles. The first kappa shape index (κ1) is 18.7. The van der Waals surface area contributed by atoms with Crippen LogP contribution in [-0.2, 0) is 4.79 Å². The molecule has 1 saturated heterocycles. The third-order valence-electron chi connectivity index (χ3n) is 3.94. The van der Waals surface area contributed by atoms with Crippen LogP contribution in [-0.4, -0.2) is 47.1 Å². The number of carbonyl (C=O) groups is 2. The molecule has 1 atom stereocenters. The van der Waals surface area contributed by atoms with E-state index in [9.17, 15) is 22.8 Å². The van der Waals surface area contributed by atoms with Gasteiger partial charge < -0.3 is 19.4 Å². The van der Waals surface area contributed by atoms with Crippen LogP contribution in [0.1, 0.15) is 23.4 Å². The molecule has 0 unspecified atom stereocenters. The number of aromatic nitrogens is 1. The molecule has 7 nitrogen and oxygen atoms in total. The number of ether oxygens (including phenoxy) is 1. The number of hydrogen-bond donors (Lipinski definition) is 1. The van der Waals surface area contributed by atoms with Gasteiger partial charge in [0.2, 0.25) is 11.8 Å². The first-order valence-corrected chi connectivity index (χ1v) is 8.14. The molecule has 2 amide bonds. The number of rotatable bonds is 5. The van der Waals surface area contributed by atoms with E-state index in [0.29, 0.717) is 19.4 Å². The van der Waals surface area contributed by atoms with E-state index in [1.165, 1.54) is 35.6 Å². The molecule has 0 aliphatic carbocycles. The number of halogens is 3. The monoisotopic (exact) mass is 383 g/mol. The molecule has 2 aromatic rings. The lowest BCUT2D eigenvalue weighted by molar-refractivity contribution is -0.154. The molecule has 3 rings (SSSR count). The Hall–Kier alpha value is -3.04. The fraction of sp³-hybridized carbons (Fsp3) is 0.353. The van der Waals surface area contributed by atoms with Gasteiger partial charge >= 0.3 is 6.18 Å². The molecule has 0 bridgehead atoms. The molecule has 144 valence electrons. The summed E-state index contributed by atoms with van der Waals surface area (Å²) >= 11 is 0. The zero-order valence-electron chi connectivity index (χ0n) is 14.0. The predicted octanol–water partition coefficient (Wildman–Crippen LogP) is 2.86. The number of likely N-dealkylation sites (tertiary alicyclic amines) is 1. The van der Waals surface area contributed by atoms with Crippen molar-refractivity contribution >= 4 is 17.5 Å². The highest BCUT2D eigenvalue weighted by Crippen LogP contribution is 2.23. The van der Waals surface area contributed by atoms with Crippen LogP contribution in [0.4, 0.5) is 18.9 Å². The van der Waals surface area contributed by atoms with E-state index in [-0.39, 0.29) is 23.2 Å². The minimum absolute atomic E-state index is 0.155. The smallest absolute Gasteiger partial charge is 0.422 e. The largest absolute Gasteiger partial charge is 0.468 e. The molecule has 1 N–H and O–H groups in total. The van der Waals surface area contributed by atoms with Crippen molar-refractivity contribution in [2.24, 2.45) is 0 Å². The Labute approximate surface area is 152 Å². The number of nitrogens with one attached hydrogen (secondary N) is 1. The van der Waals surface area contributed by atoms with Gasteiger partial charge in [-0.1, -0.05) is 0 Å². The molecule has 0 spiro atoms. The highest BCUT2D eigenvalue weighted by atomic mass is 19.4. The van der Waals surface area contributed by atoms with Crippen LogP contribution in [0.3, 0.4) is 0 Å². The third-order valence-corrected chi connectivity index (χ3v) is 3.94. The van der Waals surface area contributed by atoms with Crippen LogP contribution in [0.2, 0.25) is 0 Å². The van der Waals surface area contributed by atoms with E-state index in [4.69, 9.17) is 4.42 Å². The summed E-state index contributed by atoms with van der Waals surface area (Å²) in [5.41, 5.74) is 0.289. The molecule has 1 aliphatic heterocycles. The Morgan fingerprint density at radius 2 is 2.15 bits per heavy atom. The van der Waals surface area contributed by atoms with Gasteiger partial charge in [0.15, 0.2) is 12.4 Å². The van der Waals surface area contributed by atoms with E-state index in [1.54, 1.807) is 6.07 Å². The standard InChI is InChI=1S/C17H16F3N3O4/c18-17(19,20)10-27-14-6-5-11(9-21-14)22-15(24)12-3-1-7-23(12)16(25)13-4-2-8-26-13/h2,4-6,8-9,12H,1,3,7,10H2,(H,22,24)/t12-/m0/s1. The van der Waals surface area contributed by atoms with Crippen LogP contribution in [0.25, 0.3) is 0 Å². The Kier molecular flexibility index (Phi) is 5.33. The zero-order valence-corrected chi connectivity index (χ0v) is 14.0. The van der Waals surface area contributed by atoms with Crippen molar-refractivity contribution in [3.63, 3.8) is 0 Å². The Morgan fingerprint density at radius 1 is 1.33 bits per heavy atom. The summed E-state index contributed by atoms with van der Waals surface area (Å²) in [6.07, 6.45) is -0.712. The lowest BCUT2D eigenvalue weighted by Crippen LogP contribution is -2.43. The zero-order chi connectivity index (χ0) is 19.4. The molecular formula is C17H16F3N3O4. The summed E-state index contributed by atoms with van der Waals surface area (Å²) in [5, 5.41) is 2.61. The van der Waals surface area contributed by atoms with Crippen molar-refractivity contribution in [3.05, 3.63) is 42.5 Å². The van der Waals surface area contributed by atoms with E-state index in [0.717, 1.165) is 0 Å². The second-order valence-corrected chi connectivity index (χ2v) is 5.91. The van der Waals surface area contributed by atoms with Crippen molar-refractivity contribution < 1.29 is 31.9 Å². The summed E-state index contributed by atoms with van der Waals surface area (Å²) in [7, 11) is 0. The van der Waals surface area contributed by atoms with E-state index >= 15 is 0 Å². The molecule has 0 saturated carbocycles. The first-order chi connectivity index (χ1) is 12.8. The number of furan rings is 1. The molecule has 0 radical (unpaired) electrons. The number of carbonyl (C=O) groups excluding carboxylic acids is 2. The molecular weight excluding hydrogens is 367 g/mol. The summed E-state index contributed by atoms with van der Waals surface area (Å²) < 4.78 is 46.0. The predicted molar refractivity (Wildman–Crippen MR) is 87.2 cm³/mol.